The van der Waals surface area contributed by atoms with Crippen molar-refractivity contribution in [3.05, 3.63) is 46.4 Å². The van der Waals surface area contributed by atoms with Crippen LogP contribution >= 0.6 is 11.3 Å². The van der Waals surface area contributed by atoms with Crippen LogP contribution in [0.2, 0.25) is 0 Å². The second-order valence-electron chi connectivity index (χ2n) is 5.55. The van der Waals surface area contributed by atoms with E-state index < -0.39 is 0 Å². The highest BCUT2D eigenvalue weighted by molar-refractivity contribution is 7.10. The first-order valence-corrected chi connectivity index (χ1v) is 8.42. The minimum atomic E-state index is -0.379. The first kappa shape index (κ1) is 15.0. The molecule has 5 heteroatoms. The van der Waals surface area contributed by atoms with Gasteiger partial charge in [0.2, 0.25) is 5.91 Å². The maximum Gasteiger partial charge on any atom is 0.232 e. The second kappa shape index (κ2) is 6.48. The third kappa shape index (κ3) is 2.99. The summed E-state index contributed by atoms with van der Waals surface area (Å²) in [4.78, 5) is 15.6. The number of anilines is 2. The summed E-state index contributed by atoms with van der Waals surface area (Å²) in [6.07, 6.45) is 2.21. The summed E-state index contributed by atoms with van der Waals surface area (Å²) in [5.41, 5.74) is 1.09. The third-order valence-electron chi connectivity index (χ3n) is 4.05. The molecule has 2 heterocycles. The van der Waals surface area contributed by atoms with Crippen molar-refractivity contribution in [2.75, 3.05) is 23.3 Å². The fourth-order valence-electron chi connectivity index (χ4n) is 2.76. The van der Waals surface area contributed by atoms with E-state index in [9.17, 15) is 9.18 Å². The van der Waals surface area contributed by atoms with Crippen molar-refractivity contribution < 1.29 is 9.18 Å². The predicted octanol–water partition coefficient (Wildman–Crippen LogP) is 4.23. The van der Waals surface area contributed by atoms with Gasteiger partial charge in [-0.05, 0) is 43.3 Å². The number of hydrogen-bond donors (Lipinski definition) is 1. The van der Waals surface area contributed by atoms with Crippen molar-refractivity contribution in [3.63, 3.8) is 0 Å². The Balaban J connectivity index is 1.83. The van der Waals surface area contributed by atoms with Crippen LogP contribution in [0.15, 0.2) is 35.7 Å². The van der Waals surface area contributed by atoms with Gasteiger partial charge in [-0.2, -0.15) is 0 Å². The molecule has 0 spiro atoms. The molecule has 1 aliphatic rings. The van der Waals surface area contributed by atoms with Crippen molar-refractivity contribution in [1.29, 1.82) is 0 Å². The number of benzene rings is 1. The smallest absolute Gasteiger partial charge is 0.232 e. The van der Waals surface area contributed by atoms with Crippen LogP contribution in [0.4, 0.5) is 15.8 Å². The molecule has 0 radical (unpaired) electrons. The van der Waals surface area contributed by atoms with Crippen LogP contribution in [-0.2, 0) is 4.79 Å². The molecule has 3 rings (SSSR count). The molecule has 1 N–H and O–H groups in total. The maximum absolute atomic E-state index is 14.2. The van der Waals surface area contributed by atoms with E-state index in [1.54, 1.807) is 6.07 Å². The molecule has 1 aromatic carbocycles. The Morgan fingerprint density at radius 2 is 2.05 bits per heavy atom. The molecule has 0 saturated carbocycles. The fraction of sp³-hybridized carbons (Fsp3) is 0.353. The molecule has 22 heavy (non-hydrogen) atoms. The second-order valence-corrected chi connectivity index (χ2v) is 6.53. The van der Waals surface area contributed by atoms with Gasteiger partial charge in [-0.3, -0.25) is 4.79 Å². The van der Waals surface area contributed by atoms with Crippen LogP contribution in [0.5, 0.6) is 0 Å². The van der Waals surface area contributed by atoms with E-state index in [0.29, 0.717) is 5.69 Å². The Kier molecular flexibility index (Phi) is 4.43. The zero-order valence-corrected chi connectivity index (χ0v) is 13.3. The van der Waals surface area contributed by atoms with Crippen LogP contribution in [0.25, 0.3) is 0 Å². The number of thiophene rings is 1. The molecule has 1 amide bonds. The molecule has 0 bridgehead atoms. The van der Waals surface area contributed by atoms with Crippen molar-refractivity contribution in [2.45, 2.75) is 25.7 Å². The predicted molar refractivity (Wildman–Crippen MR) is 89.2 cm³/mol. The number of amides is 1. The van der Waals surface area contributed by atoms with E-state index in [1.165, 1.54) is 17.4 Å². The lowest BCUT2D eigenvalue weighted by Crippen LogP contribution is -2.24. The van der Waals surface area contributed by atoms with E-state index in [2.05, 4.69) is 10.2 Å². The molecule has 1 aliphatic heterocycles. The average molecular weight is 318 g/mol. The summed E-state index contributed by atoms with van der Waals surface area (Å²) in [6, 6.07) is 8.81. The van der Waals surface area contributed by atoms with Gasteiger partial charge >= 0.3 is 0 Å². The summed E-state index contributed by atoms with van der Waals surface area (Å²) >= 11 is 1.54. The van der Waals surface area contributed by atoms with Gasteiger partial charge in [-0.1, -0.05) is 12.1 Å². The summed E-state index contributed by atoms with van der Waals surface area (Å²) < 4.78 is 14.2. The van der Waals surface area contributed by atoms with Crippen LogP contribution in [0.3, 0.4) is 0 Å². The number of para-hydroxylation sites is 1. The van der Waals surface area contributed by atoms with E-state index in [-0.39, 0.29) is 17.6 Å². The van der Waals surface area contributed by atoms with Gasteiger partial charge in [-0.25, -0.2) is 4.39 Å². The molecule has 2 aromatic rings. The van der Waals surface area contributed by atoms with Crippen molar-refractivity contribution >= 4 is 28.6 Å². The van der Waals surface area contributed by atoms with E-state index in [4.69, 9.17) is 0 Å². The highest BCUT2D eigenvalue weighted by Gasteiger charge is 2.22. The lowest BCUT2D eigenvalue weighted by Gasteiger charge is -2.22. The molecular weight excluding hydrogens is 299 g/mol. The van der Waals surface area contributed by atoms with Crippen LogP contribution in [0, 0.1) is 5.82 Å². The number of hydrogen-bond acceptors (Lipinski definition) is 3. The average Bonchev–Trinajstić information content (AvgIpc) is 3.21. The number of rotatable bonds is 4. The molecule has 1 fully saturated rings. The van der Waals surface area contributed by atoms with E-state index in [1.807, 2.05) is 30.5 Å². The van der Waals surface area contributed by atoms with Crippen molar-refractivity contribution in [1.82, 2.24) is 0 Å². The van der Waals surface area contributed by atoms with Gasteiger partial charge in [0.05, 0.1) is 11.6 Å². The van der Waals surface area contributed by atoms with Gasteiger partial charge < -0.3 is 10.2 Å². The quantitative estimate of drug-likeness (QED) is 0.915. The molecule has 0 aliphatic carbocycles. The first-order valence-electron chi connectivity index (χ1n) is 7.54. The Hall–Kier alpha value is -1.88. The highest BCUT2D eigenvalue weighted by atomic mass is 32.1. The fourth-order valence-corrected chi connectivity index (χ4v) is 3.54. The van der Waals surface area contributed by atoms with Crippen molar-refractivity contribution in [3.8, 4) is 0 Å². The Morgan fingerprint density at radius 1 is 1.27 bits per heavy atom. The molecule has 1 aromatic heterocycles. The zero-order valence-electron chi connectivity index (χ0n) is 12.5. The third-order valence-corrected chi connectivity index (χ3v) is 5.10. The Morgan fingerprint density at radius 3 is 2.73 bits per heavy atom. The van der Waals surface area contributed by atoms with Gasteiger partial charge in [-0.15, -0.1) is 11.3 Å². The summed E-state index contributed by atoms with van der Waals surface area (Å²) in [6.45, 7) is 3.66. The van der Waals surface area contributed by atoms with E-state index >= 15 is 0 Å². The highest BCUT2D eigenvalue weighted by Crippen LogP contribution is 2.32. The normalized spacial score (nSPS) is 15.8. The lowest BCUT2D eigenvalue weighted by molar-refractivity contribution is -0.117. The van der Waals surface area contributed by atoms with E-state index in [0.717, 1.165) is 36.5 Å². The topological polar surface area (TPSA) is 32.3 Å². The minimum Gasteiger partial charge on any atom is -0.370 e. The van der Waals surface area contributed by atoms with Crippen LogP contribution in [0.1, 0.15) is 30.6 Å². The maximum atomic E-state index is 14.2. The number of carbonyl (C=O) groups is 1. The van der Waals surface area contributed by atoms with Crippen molar-refractivity contribution in [2.24, 2.45) is 0 Å². The van der Waals surface area contributed by atoms with Gasteiger partial charge in [0, 0.05) is 18.0 Å². The Bertz CT molecular complexity index is 651. The molecule has 1 atom stereocenters. The summed E-state index contributed by atoms with van der Waals surface area (Å²) in [7, 11) is 0. The SMILES string of the molecule is C[C@@H](C(=O)Nc1c(F)cccc1N1CCCC1)c1cccs1. The van der Waals surface area contributed by atoms with Gasteiger partial charge in [0.15, 0.2) is 0 Å². The molecule has 3 nitrogen and oxygen atoms in total. The zero-order chi connectivity index (χ0) is 15.5. The molecule has 116 valence electrons. The standard InChI is InChI=1S/C17H19FN2OS/c1-12(15-8-5-11-22-15)17(21)19-16-13(18)6-4-7-14(16)20-9-2-3-10-20/h4-8,11-12H,2-3,9-10H2,1H3,(H,19,21)/t12-/m1/s1. The van der Waals surface area contributed by atoms with Gasteiger partial charge in [0.25, 0.3) is 0 Å². The first-order chi connectivity index (χ1) is 10.7. The molecule has 1 saturated heterocycles. The number of nitrogens with one attached hydrogen (secondary N) is 1. The monoisotopic (exact) mass is 318 g/mol. The number of nitrogens with zero attached hydrogens (tertiary/aromatic N) is 1. The lowest BCUT2D eigenvalue weighted by atomic mass is 10.1. The molecule has 0 unspecified atom stereocenters. The van der Waals surface area contributed by atoms with Crippen LogP contribution in [-0.4, -0.2) is 19.0 Å². The molecular formula is C17H19FN2OS. The number of carbonyl (C=O) groups excluding carboxylic acids is 1. The Labute approximate surface area is 133 Å². The minimum absolute atomic E-state index is 0.173. The summed E-state index contributed by atoms with van der Waals surface area (Å²) in [5, 5.41) is 4.74. The van der Waals surface area contributed by atoms with Crippen LogP contribution < -0.4 is 10.2 Å². The summed E-state index contributed by atoms with van der Waals surface area (Å²) in [5.74, 6) is -0.838. The van der Waals surface area contributed by atoms with Gasteiger partial charge in [0.1, 0.15) is 11.5 Å². The largest absolute Gasteiger partial charge is 0.370 e. The number of halogens is 1.